The molecule has 0 radical (unpaired) electrons. The summed E-state index contributed by atoms with van der Waals surface area (Å²) in [5, 5.41) is 16.2. The molecule has 0 aromatic heterocycles. The maximum Gasteiger partial charge on any atom is 0.306 e. The molecule has 7 heteroatoms. The molecular weight excluding hydrogens is 624 g/mol. The van der Waals surface area contributed by atoms with Crippen LogP contribution in [0.5, 0.6) is 0 Å². The zero-order valence-electron chi connectivity index (χ0n) is 32.8. The average Bonchev–Trinajstić information content (AvgIpc) is 3.38. The van der Waals surface area contributed by atoms with Crippen molar-refractivity contribution in [3.8, 4) is 0 Å². The fourth-order valence-electron chi connectivity index (χ4n) is 14.4. The Morgan fingerprint density at radius 2 is 1.54 bits per heavy atom. The monoisotopic (exact) mass is 695 g/mol. The first-order valence-electron chi connectivity index (χ1n) is 20.3. The number of ether oxygens (including phenoxy) is 1. The summed E-state index contributed by atoms with van der Waals surface area (Å²) in [7, 11) is 0. The van der Waals surface area contributed by atoms with E-state index in [2.05, 4.69) is 58.8 Å². The summed E-state index contributed by atoms with van der Waals surface area (Å²) in [5.74, 6) is 1.85. The average molecular weight is 695 g/mol. The van der Waals surface area contributed by atoms with Crippen LogP contribution >= 0.6 is 0 Å². The zero-order chi connectivity index (χ0) is 36.5. The Kier molecular flexibility index (Phi) is 9.99. The van der Waals surface area contributed by atoms with Crippen molar-refractivity contribution < 1.29 is 24.2 Å². The standard InChI is InChI=1S/C43H70N2O5/c1-27(2)29-12-19-43(24-34(46)45-28-15-22-44-23-16-28)21-20-41(8)30(37(29)43)10-11-32-40(7)17-14-33(39(5,6)31(40)13-18-42(32,41)9)50-36(49)26-38(3,4)25-35(47)48/h28-33,37,44H,1,10-26H2,2-9H3,(H,45,46)(H,47,48)/t29?,30-,31?,32?,33?,37?,40+,41-,42-,43-/m1/s1. The zero-order valence-corrected chi connectivity index (χ0v) is 32.8. The number of allylic oxidation sites excluding steroid dienone is 1. The van der Waals surface area contributed by atoms with Gasteiger partial charge < -0.3 is 20.5 Å². The summed E-state index contributed by atoms with van der Waals surface area (Å²) in [4.78, 5) is 38.4. The second kappa shape index (κ2) is 13.2. The number of carbonyl (C=O) groups is 3. The number of rotatable bonds is 9. The Balaban J connectivity index is 1.22. The predicted molar refractivity (Wildman–Crippen MR) is 198 cm³/mol. The maximum atomic E-state index is 13.8. The Morgan fingerprint density at radius 1 is 0.840 bits per heavy atom. The van der Waals surface area contributed by atoms with Gasteiger partial charge in [0.25, 0.3) is 0 Å². The highest BCUT2D eigenvalue weighted by Gasteiger charge is 2.71. The molecule has 0 bridgehead atoms. The first-order chi connectivity index (χ1) is 23.3. The Morgan fingerprint density at radius 3 is 2.20 bits per heavy atom. The van der Waals surface area contributed by atoms with Crippen molar-refractivity contribution in [3.05, 3.63) is 12.2 Å². The Bertz CT molecular complexity index is 1350. The fraction of sp³-hybridized carbons (Fsp3) is 0.884. The van der Waals surface area contributed by atoms with Crippen molar-refractivity contribution in [2.24, 2.45) is 62.1 Å². The van der Waals surface area contributed by atoms with E-state index in [0.29, 0.717) is 42.1 Å². The van der Waals surface area contributed by atoms with Gasteiger partial charge in [-0.3, -0.25) is 14.4 Å². The molecule has 1 heterocycles. The molecule has 5 aliphatic carbocycles. The van der Waals surface area contributed by atoms with Gasteiger partial charge in [-0.2, -0.15) is 0 Å². The molecule has 5 saturated carbocycles. The number of carboxylic acid groups (broad SMARTS) is 1. The van der Waals surface area contributed by atoms with Crippen LogP contribution in [0.25, 0.3) is 0 Å². The summed E-state index contributed by atoms with van der Waals surface area (Å²) in [6.45, 7) is 25.1. The number of hydrogen-bond donors (Lipinski definition) is 3. The van der Waals surface area contributed by atoms with Gasteiger partial charge in [0.15, 0.2) is 0 Å². The number of hydrogen-bond acceptors (Lipinski definition) is 5. The van der Waals surface area contributed by atoms with Crippen molar-refractivity contribution in [2.45, 2.75) is 164 Å². The molecule has 50 heavy (non-hydrogen) atoms. The molecule has 0 aromatic carbocycles. The van der Waals surface area contributed by atoms with E-state index in [9.17, 15) is 19.5 Å². The van der Waals surface area contributed by atoms with Crippen LogP contribution in [-0.4, -0.2) is 48.2 Å². The molecule has 0 aromatic rings. The minimum atomic E-state index is -0.880. The number of piperidine rings is 1. The predicted octanol–water partition coefficient (Wildman–Crippen LogP) is 8.71. The first kappa shape index (κ1) is 37.9. The third kappa shape index (κ3) is 6.29. The van der Waals surface area contributed by atoms with Crippen LogP contribution < -0.4 is 10.6 Å². The van der Waals surface area contributed by atoms with Crippen molar-refractivity contribution >= 4 is 17.8 Å². The quantitative estimate of drug-likeness (QED) is 0.165. The minimum absolute atomic E-state index is 0.0441. The molecule has 1 saturated heterocycles. The summed E-state index contributed by atoms with van der Waals surface area (Å²) >= 11 is 0. The first-order valence-corrected chi connectivity index (χ1v) is 20.3. The van der Waals surface area contributed by atoms with E-state index >= 15 is 0 Å². The van der Waals surface area contributed by atoms with Crippen LogP contribution in [0.15, 0.2) is 12.2 Å². The van der Waals surface area contributed by atoms with Gasteiger partial charge in [-0.15, -0.1) is 0 Å². The number of amides is 1. The number of carboxylic acids is 1. The number of fused-ring (bicyclic) bond motifs is 7. The van der Waals surface area contributed by atoms with Crippen molar-refractivity contribution in [1.29, 1.82) is 0 Å². The second-order valence-electron chi connectivity index (χ2n) is 20.6. The van der Waals surface area contributed by atoms with Gasteiger partial charge in [-0.05, 0) is 154 Å². The van der Waals surface area contributed by atoms with E-state index in [0.717, 1.165) is 58.0 Å². The van der Waals surface area contributed by atoms with Crippen LogP contribution in [0, 0.1) is 62.1 Å². The lowest BCUT2D eigenvalue weighted by atomic mass is 9.32. The lowest BCUT2D eigenvalue weighted by Gasteiger charge is -2.73. The molecule has 7 nitrogen and oxygen atoms in total. The summed E-state index contributed by atoms with van der Waals surface area (Å²) in [6, 6.07) is 0.308. The summed E-state index contributed by atoms with van der Waals surface area (Å²) in [5.41, 5.74) is 1.22. The van der Waals surface area contributed by atoms with Gasteiger partial charge in [-0.25, -0.2) is 0 Å². The second-order valence-corrected chi connectivity index (χ2v) is 20.6. The van der Waals surface area contributed by atoms with Gasteiger partial charge in [0.2, 0.25) is 5.91 Å². The van der Waals surface area contributed by atoms with Crippen LogP contribution in [0.3, 0.4) is 0 Å². The SMILES string of the molecule is C=C(C)C1CC[C@]2(CC(=O)NC3CCNCC3)CC[C@]3(C)[C@H](CCC4[C@@]5(C)CCC(OC(=O)CC(C)(C)CC(=O)O)C(C)(C)C5CC[C@]43C)C12. The maximum absolute atomic E-state index is 13.8. The molecule has 6 aliphatic rings. The van der Waals surface area contributed by atoms with Crippen molar-refractivity contribution in [1.82, 2.24) is 10.6 Å². The minimum Gasteiger partial charge on any atom is -0.481 e. The van der Waals surface area contributed by atoms with Gasteiger partial charge in [0.1, 0.15) is 6.10 Å². The van der Waals surface area contributed by atoms with E-state index in [1.807, 2.05) is 13.8 Å². The Hall–Kier alpha value is -1.89. The third-order valence-electron chi connectivity index (χ3n) is 16.9. The van der Waals surface area contributed by atoms with Gasteiger partial charge in [0, 0.05) is 17.9 Å². The highest BCUT2D eigenvalue weighted by atomic mass is 16.5. The van der Waals surface area contributed by atoms with E-state index in [-0.39, 0.29) is 57.9 Å². The molecule has 3 N–H and O–H groups in total. The highest BCUT2D eigenvalue weighted by molar-refractivity contribution is 5.77. The van der Waals surface area contributed by atoms with E-state index in [1.165, 1.54) is 37.7 Å². The van der Waals surface area contributed by atoms with Crippen LogP contribution in [0.4, 0.5) is 0 Å². The summed E-state index contributed by atoms with van der Waals surface area (Å²) < 4.78 is 6.28. The molecule has 1 aliphatic heterocycles. The third-order valence-corrected chi connectivity index (χ3v) is 16.9. The molecule has 0 spiro atoms. The molecule has 282 valence electrons. The Labute approximate surface area is 303 Å². The number of nitrogens with one attached hydrogen (secondary N) is 2. The molecule has 5 unspecified atom stereocenters. The highest BCUT2D eigenvalue weighted by Crippen LogP contribution is 2.78. The smallest absolute Gasteiger partial charge is 0.306 e. The summed E-state index contributed by atoms with van der Waals surface area (Å²) in [6.07, 6.45) is 14.1. The fourth-order valence-corrected chi connectivity index (χ4v) is 14.4. The molecule has 6 fully saturated rings. The topological polar surface area (TPSA) is 105 Å². The lowest BCUT2D eigenvalue weighted by Crippen LogP contribution is -2.67. The molecular formula is C43H70N2O5. The van der Waals surface area contributed by atoms with E-state index in [1.54, 1.807) is 0 Å². The van der Waals surface area contributed by atoms with Crippen LogP contribution in [0.1, 0.15) is 152 Å². The van der Waals surface area contributed by atoms with Crippen LogP contribution in [-0.2, 0) is 19.1 Å². The van der Waals surface area contributed by atoms with E-state index in [4.69, 9.17) is 4.74 Å². The largest absolute Gasteiger partial charge is 0.481 e. The van der Waals surface area contributed by atoms with E-state index < -0.39 is 11.4 Å². The molecule has 6 rings (SSSR count). The number of carbonyl (C=O) groups excluding carboxylic acids is 2. The number of esters is 1. The van der Waals surface area contributed by atoms with Crippen LogP contribution in [0.2, 0.25) is 0 Å². The molecule has 10 atom stereocenters. The van der Waals surface area contributed by atoms with Gasteiger partial charge >= 0.3 is 11.9 Å². The lowest BCUT2D eigenvalue weighted by molar-refractivity contribution is -0.250. The molecule has 1 amide bonds. The van der Waals surface area contributed by atoms with Crippen molar-refractivity contribution in [2.75, 3.05) is 13.1 Å². The van der Waals surface area contributed by atoms with Gasteiger partial charge in [0.05, 0.1) is 12.8 Å². The van der Waals surface area contributed by atoms with Crippen molar-refractivity contribution in [3.63, 3.8) is 0 Å². The number of aliphatic carboxylic acids is 1. The van der Waals surface area contributed by atoms with Gasteiger partial charge in [-0.1, -0.05) is 60.6 Å². The normalized spacial score (nSPS) is 42.6.